The zero-order valence-corrected chi connectivity index (χ0v) is 19.5. The molecule has 32 heavy (non-hydrogen) atoms. The molecule has 0 aliphatic rings. The van der Waals surface area contributed by atoms with E-state index < -0.39 is 0 Å². The first-order chi connectivity index (χ1) is 15.4. The van der Waals surface area contributed by atoms with Crippen LogP contribution >= 0.6 is 0 Å². The summed E-state index contributed by atoms with van der Waals surface area (Å²) in [6.45, 7) is 9.35. The van der Waals surface area contributed by atoms with Gasteiger partial charge in [0.1, 0.15) is 0 Å². The molecule has 0 unspecified atom stereocenters. The van der Waals surface area contributed by atoms with Gasteiger partial charge in [-0.15, -0.1) is 0 Å². The van der Waals surface area contributed by atoms with Gasteiger partial charge in [-0.25, -0.2) is 0 Å². The Hall–Kier alpha value is -3.35. The van der Waals surface area contributed by atoms with Crippen LogP contribution in [0.25, 0.3) is 0 Å². The van der Waals surface area contributed by atoms with Crippen molar-refractivity contribution in [2.24, 2.45) is 0 Å². The molecule has 0 saturated heterocycles. The zero-order valence-electron chi connectivity index (χ0n) is 19.5. The van der Waals surface area contributed by atoms with Gasteiger partial charge in [-0.1, -0.05) is 26.8 Å². The van der Waals surface area contributed by atoms with Gasteiger partial charge in [-0.05, 0) is 61.7 Å². The molecule has 2 aromatic rings. The molecule has 3 N–H and O–H groups in total. The summed E-state index contributed by atoms with van der Waals surface area (Å²) in [4.78, 5) is 38.6. The topological polar surface area (TPSA) is 90.5 Å². The maximum Gasteiger partial charge on any atom is 0.253 e. The third kappa shape index (κ3) is 7.11. The molecule has 2 aromatic carbocycles. The minimum Gasteiger partial charge on any atom is -0.376 e. The van der Waals surface area contributed by atoms with Gasteiger partial charge in [0.15, 0.2) is 0 Å². The van der Waals surface area contributed by atoms with Gasteiger partial charge >= 0.3 is 0 Å². The Morgan fingerprint density at radius 1 is 0.812 bits per heavy atom. The quantitative estimate of drug-likeness (QED) is 0.476. The summed E-state index contributed by atoms with van der Waals surface area (Å²) in [6, 6.07) is 12.5. The molecule has 0 heterocycles. The van der Waals surface area contributed by atoms with E-state index >= 15 is 0 Å². The summed E-state index contributed by atoms with van der Waals surface area (Å²) in [5.74, 6) is -0.249. The first-order valence-corrected chi connectivity index (χ1v) is 11.2. The number of hydrogen-bond acceptors (Lipinski definition) is 4. The van der Waals surface area contributed by atoms with Crippen LogP contribution in [-0.4, -0.2) is 42.3 Å². The van der Waals surface area contributed by atoms with Crippen LogP contribution in [0.5, 0.6) is 0 Å². The molecule has 0 aliphatic carbocycles. The maximum atomic E-state index is 12.7. The van der Waals surface area contributed by atoms with Crippen molar-refractivity contribution in [3.05, 3.63) is 53.6 Å². The number of rotatable bonds is 11. The third-order valence-corrected chi connectivity index (χ3v) is 5.06. The largest absolute Gasteiger partial charge is 0.376 e. The molecule has 0 radical (unpaired) electrons. The van der Waals surface area contributed by atoms with Crippen molar-refractivity contribution in [2.75, 3.05) is 35.6 Å². The molecule has 0 spiro atoms. The van der Waals surface area contributed by atoms with Crippen LogP contribution in [0, 0.1) is 6.92 Å². The van der Waals surface area contributed by atoms with E-state index in [-0.39, 0.29) is 24.3 Å². The second-order valence-electron chi connectivity index (χ2n) is 7.65. The van der Waals surface area contributed by atoms with E-state index in [1.54, 1.807) is 31.2 Å². The Morgan fingerprint density at radius 2 is 1.44 bits per heavy atom. The smallest absolute Gasteiger partial charge is 0.253 e. The van der Waals surface area contributed by atoms with Crippen molar-refractivity contribution < 1.29 is 14.4 Å². The molecular weight excluding hydrogens is 404 g/mol. The summed E-state index contributed by atoms with van der Waals surface area (Å²) in [5, 5.41) is 8.81. The number of anilines is 3. The van der Waals surface area contributed by atoms with Crippen LogP contribution in [0.4, 0.5) is 17.1 Å². The van der Waals surface area contributed by atoms with Crippen molar-refractivity contribution in [1.82, 2.24) is 4.90 Å². The predicted octanol–water partition coefficient (Wildman–Crippen LogP) is 4.66. The van der Waals surface area contributed by atoms with Gasteiger partial charge in [0.2, 0.25) is 11.8 Å². The number of benzene rings is 2. The highest BCUT2D eigenvalue weighted by atomic mass is 16.2. The minimum absolute atomic E-state index is 0.0127. The first-order valence-electron chi connectivity index (χ1n) is 11.2. The summed E-state index contributed by atoms with van der Waals surface area (Å²) in [5.41, 5.74) is 3.62. The van der Waals surface area contributed by atoms with Gasteiger partial charge in [-0.3, -0.25) is 14.4 Å². The fourth-order valence-electron chi connectivity index (χ4n) is 3.32. The number of carbonyl (C=O) groups excluding carboxylic acids is 3. The van der Waals surface area contributed by atoms with Gasteiger partial charge in [-0.2, -0.15) is 0 Å². The Labute approximate surface area is 190 Å². The van der Waals surface area contributed by atoms with E-state index in [0.717, 1.165) is 42.9 Å². The van der Waals surface area contributed by atoms with Crippen molar-refractivity contribution in [3.8, 4) is 0 Å². The second-order valence-corrected chi connectivity index (χ2v) is 7.65. The lowest BCUT2D eigenvalue weighted by molar-refractivity contribution is -0.116. The molecule has 0 aromatic heterocycles. The molecule has 0 bridgehead atoms. The average molecular weight is 439 g/mol. The fraction of sp³-hybridized carbons (Fsp3) is 0.400. The predicted molar refractivity (Wildman–Crippen MR) is 130 cm³/mol. The van der Waals surface area contributed by atoms with E-state index in [4.69, 9.17) is 0 Å². The Balaban J connectivity index is 1.94. The molecular formula is C25H34N4O3. The monoisotopic (exact) mass is 438 g/mol. The van der Waals surface area contributed by atoms with Gasteiger partial charge < -0.3 is 20.9 Å². The molecule has 2 rings (SSSR count). The van der Waals surface area contributed by atoms with Crippen molar-refractivity contribution in [3.63, 3.8) is 0 Å². The second kappa shape index (κ2) is 12.5. The van der Waals surface area contributed by atoms with Crippen LogP contribution in [0.2, 0.25) is 0 Å². The van der Waals surface area contributed by atoms with E-state index in [2.05, 4.69) is 29.8 Å². The molecule has 0 saturated carbocycles. The molecule has 0 fully saturated rings. The summed E-state index contributed by atoms with van der Waals surface area (Å²) >= 11 is 0. The lowest BCUT2D eigenvalue weighted by atomic mass is 10.1. The third-order valence-electron chi connectivity index (χ3n) is 5.06. The minimum atomic E-state index is -0.204. The van der Waals surface area contributed by atoms with Crippen molar-refractivity contribution >= 4 is 34.8 Å². The highest BCUT2D eigenvalue weighted by Crippen LogP contribution is 2.23. The van der Waals surface area contributed by atoms with Crippen molar-refractivity contribution in [1.29, 1.82) is 0 Å². The fourth-order valence-corrected chi connectivity index (χ4v) is 3.32. The van der Waals surface area contributed by atoms with E-state index in [1.807, 2.05) is 30.0 Å². The highest BCUT2D eigenvalue weighted by molar-refractivity contribution is 5.97. The van der Waals surface area contributed by atoms with E-state index in [0.29, 0.717) is 17.7 Å². The first kappa shape index (κ1) is 24.9. The molecule has 0 aliphatic heterocycles. The summed E-state index contributed by atoms with van der Waals surface area (Å²) < 4.78 is 0. The van der Waals surface area contributed by atoms with Crippen LogP contribution in [-0.2, 0) is 9.59 Å². The Kier molecular flexibility index (Phi) is 9.73. The summed E-state index contributed by atoms with van der Waals surface area (Å²) in [7, 11) is 0. The lowest BCUT2D eigenvalue weighted by Gasteiger charge is -2.21. The summed E-state index contributed by atoms with van der Waals surface area (Å²) in [6.07, 6.45) is 2.24. The standard InChI is InChI=1S/C25H34N4O3/c1-5-15-29(16-6-2)25(32)19-11-13-20(14-12-19)27-24(31)17-26-21-9-8-10-22(18(21)4)28-23(30)7-3/h8-14,26H,5-7,15-17H2,1-4H3,(H,27,31)(H,28,30). The SMILES string of the molecule is CCCN(CCC)C(=O)c1ccc(NC(=O)CNc2cccc(NC(=O)CC)c2C)cc1. The van der Waals surface area contributed by atoms with Crippen molar-refractivity contribution in [2.45, 2.75) is 47.0 Å². The lowest BCUT2D eigenvalue weighted by Crippen LogP contribution is -2.32. The average Bonchev–Trinajstić information content (AvgIpc) is 2.79. The van der Waals surface area contributed by atoms with E-state index in [1.165, 1.54) is 0 Å². The molecule has 7 nitrogen and oxygen atoms in total. The highest BCUT2D eigenvalue weighted by Gasteiger charge is 2.14. The number of hydrogen-bond donors (Lipinski definition) is 3. The number of amides is 3. The van der Waals surface area contributed by atoms with E-state index in [9.17, 15) is 14.4 Å². The molecule has 0 atom stereocenters. The number of nitrogens with zero attached hydrogens (tertiary/aromatic N) is 1. The Bertz CT molecular complexity index is 919. The normalized spacial score (nSPS) is 10.4. The van der Waals surface area contributed by atoms with Crippen LogP contribution in [0.1, 0.15) is 56.0 Å². The van der Waals surface area contributed by atoms with Gasteiger partial charge in [0, 0.05) is 42.1 Å². The number of nitrogens with one attached hydrogen (secondary N) is 3. The van der Waals surface area contributed by atoms with Crippen LogP contribution < -0.4 is 16.0 Å². The maximum absolute atomic E-state index is 12.7. The molecule has 7 heteroatoms. The van der Waals surface area contributed by atoms with Crippen LogP contribution in [0.3, 0.4) is 0 Å². The zero-order chi connectivity index (χ0) is 23.5. The Morgan fingerprint density at radius 3 is 2.03 bits per heavy atom. The van der Waals surface area contributed by atoms with Crippen LogP contribution in [0.15, 0.2) is 42.5 Å². The van der Waals surface area contributed by atoms with Gasteiger partial charge in [0.25, 0.3) is 5.91 Å². The van der Waals surface area contributed by atoms with Gasteiger partial charge in [0.05, 0.1) is 6.54 Å². The molecule has 3 amide bonds. The molecule has 172 valence electrons. The number of carbonyl (C=O) groups is 3.